The summed E-state index contributed by atoms with van der Waals surface area (Å²) in [6.07, 6.45) is 5.24. The first kappa shape index (κ1) is 16.0. The molecule has 2 aromatic heterocycles. The Bertz CT molecular complexity index is 670. The molecule has 22 heavy (non-hydrogen) atoms. The molecule has 0 bridgehead atoms. The van der Waals surface area contributed by atoms with E-state index < -0.39 is 5.97 Å². The van der Waals surface area contributed by atoms with Gasteiger partial charge < -0.3 is 14.5 Å². The van der Waals surface area contributed by atoms with E-state index in [4.69, 9.17) is 9.15 Å². The van der Waals surface area contributed by atoms with E-state index in [2.05, 4.69) is 5.32 Å². The monoisotopic (exact) mass is 319 g/mol. The van der Waals surface area contributed by atoms with Crippen LogP contribution in [0, 0.1) is 0 Å². The fraction of sp³-hybridized carbons (Fsp3) is 0.250. The molecule has 2 aromatic rings. The summed E-state index contributed by atoms with van der Waals surface area (Å²) in [5, 5.41) is 3.22. The Kier molecular flexibility index (Phi) is 5.55. The third-order valence-corrected chi connectivity index (χ3v) is 4.00. The number of hydrogen-bond acceptors (Lipinski definition) is 5. The molecule has 0 unspecified atom stereocenters. The van der Waals surface area contributed by atoms with Gasteiger partial charge in [-0.1, -0.05) is 6.92 Å². The minimum absolute atomic E-state index is 0.294. The maximum atomic E-state index is 12.0. The number of hydrogen-bond donors (Lipinski definition) is 1. The fourth-order valence-electron chi connectivity index (χ4n) is 1.77. The van der Waals surface area contributed by atoms with E-state index in [0.717, 1.165) is 11.3 Å². The average molecular weight is 319 g/mol. The van der Waals surface area contributed by atoms with Gasteiger partial charge in [-0.3, -0.25) is 4.79 Å². The Morgan fingerprint density at radius 1 is 1.41 bits per heavy atom. The van der Waals surface area contributed by atoms with Gasteiger partial charge in [0.1, 0.15) is 10.8 Å². The molecule has 1 N–H and O–H groups in total. The number of esters is 1. The van der Waals surface area contributed by atoms with E-state index in [1.807, 2.05) is 6.92 Å². The Labute approximate surface area is 132 Å². The Morgan fingerprint density at radius 3 is 2.86 bits per heavy atom. The summed E-state index contributed by atoms with van der Waals surface area (Å²) in [6, 6.07) is 5.24. The minimum Gasteiger partial charge on any atom is -0.465 e. The van der Waals surface area contributed by atoms with Gasteiger partial charge in [0.2, 0.25) is 5.91 Å². The van der Waals surface area contributed by atoms with Crippen LogP contribution >= 0.6 is 11.3 Å². The lowest BCUT2D eigenvalue weighted by molar-refractivity contribution is -0.111. The van der Waals surface area contributed by atoms with Crippen molar-refractivity contribution >= 4 is 34.3 Å². The van der Waals surface area contributed by atoms with Crippen LogP contribution in [-0.2, 0) is 16.0 Å². The predicted octanol–water partition coefficient (Wildman–Crippen LogP) is 3.73. The third-order valence-electron chi connectivity index (χ3n) is 2.81. The molecule has 0 aliphatic heterocycles. The van der Waals surface area contributed by atoms with Crippen molar-refractivity contribution in [2.75, 3.05) is 11.9 Å². The van der Waals surface area contributed by atoms with E-state index in [1.54, 1.807) is 31.2 Å². The van der Waals surface area contributed by atoms with Gasteiger partial charge >= 0.3 is 5.97 Å². The highest BCUT2D eigenvalue weighted by molar-refractivity contribution is 7.16. The molecule has 0 aromatic carbocycles. The van der Waals surface area contributed by atoms with E-state index >= 15 is 0 Å². The largest absolute Gasteiger partial charge is 0.465 e. The van der Waals surface area contributed by atoms with Crippen LogP contribution in [0.4, 0.5) is 5.00 Å². The van der Waals surface area contributed by atoms with Crippen LogP contribution in [-0.4, -0.2) is 18.5 Å². The minimum atomic E-state index is -0.427. The zero-order chi connectivity index (χ0) is 15.9. The zero-order valence-corrected chi connectivity index (χ0v) is 13.2. The molecule has 5 nitrogen and oxygen atoms in total. The Balaban J connectivity index is 2.12. The SMILES string of the molecule is CCOC(=O)c1cc(CC)sc1NC(=O)C=Cc1ccco1. The number of carbonyl (C=O) groups excluding carboxylic acids is 2. The van der Waals surface area contributed by atoms with Crippen molar-refractivity contribution in [2.24, 2.45) is 0 Å². The van der Waals surface area contributed by atoms with Crippen molar-refractivity contribution in [3.63, 3.8) is 0 Å². The van der Waals surface area contributed by atoms with Gasteiger partial charge in [-0.25, -0.2) is 4.79 Å². The summed E-state index contributed by atoms with van der Waals surface area (Å²) in [5.74, 6) is -0.170. The molecule has 116 valence electrons. The molecule has 0 saturated carbocycles. The van der Waals surface area contributed by atoms with Crippen LogP contribution in [0.25, 0.3) is 6.08 Å². The van der Waals surface area contributed by atoms with Crippen LogP contribution < -0.4 is 5.32 Å². The molecule has 1 amide bonds. The van der Waals surface area contributed by atoms with Crippen molar-refractivity contribution < 1.29 is 18.7 Å². The van der Waals surface area contributed by atoms with Crippen LogP contribution in [0.2, 0.25) is 0 Å². The lowest BCUT2D eigenvalue weighted by Crippen LogP contribution is -2.11. The molecule has 0 spiro atoms. The number of carbonyl (C=O) groups is 2. The van der Waals surface area contributed by atoms with Gasteiger partial charge in [-0.05, 0) is 37.6 Å². The molecule has 0 radical (unpaired) electrons. The van der Waals surface area contributed by atoms with Gasteiger partial charge in [0.15, 0.2) is 0 Å². The summed E-state index contributed by atoms with van der Waals surface area (Å²) in [4.78, 5) is 24.9. The normalized spacial score (nSPS) is 10.8. The van der Waals surface area contributed by atoms with Crippen LogP contribution in [0.3, 0.4) is 0 Å². The summed E-state index contributed by atoms with van der Waals surface area (Å²) < 4.78 is 10.1. The summed E-state index contributed by atoms with van der Waals surface area (Å²) in [5.41, 5.74) is 0.392. The molecule has 0 saturated heterocycles. The summed E-state index contributed by atoms with van der Waals surface area (Å²) in [6.45, 7) is 4.03. The molecule has 2 heterocycles. The van der Waals surface area contributed by atoms with E-state index in [0.29, 0.717) is 22.9 Å². The number of amides is 1. The third kappa shape index (κ3) is 4.08. The Morgan fingerprint density at radius 2 is 2.23 bits per heavy atom. The zero-order valence-electron chi connectivity index (χ0n) is 12.4. The topological polar surface area (TPSA) is 68.5 Å². The first-order chi connectivity index (χ1) is 10.6. The van der Waals surface area contributed by atoms with E-state index in [9.17, 15) is 9.59 Å². The van der Waals surface area contributed by atoms with E-state index in [-0.39, 0.29) is 5.91 Å². The van der Waals surface area contributed by atoms with Gasteiger partial charge in [0.05, 0.1) is 18.4 Å². The molecule has 0 aliphatic carbocycles. The van der Waals surface area contributed by atoms with Gasteiger partial charge in [0.25, 0.3) is 0 Å². The number of ether oxygens (including phenoxy) is 1. The van der Waals surface area contributed by atoms with Crippen molar-refractivity contribution in [1.82, 2.24) is 0 Å². The highest BCUT2D eigenvalue weighted by Crippen LogP contribution is 2.29. The molecular weight excluding hydrogens is 302 g/mol. The van der Waals surface area contributed by atoms with Crippen LogP contribution in [0.5, 0.6) is 0 Å². The number of thiophene rings is 1. The number of nitrogens with one attached hydrogen (secondary N) is 1. The molecule has 6 heteroatoms. The number of aryl methyl sites for hydroxylation is 1. The lowest BCUT2D eigenvalue weighted by atomic mass is 10.2. The van der Waals surface area contributed by atoms with E-state index in [1.165, 1.54) is 23.7 Å². The lowest BCUT2D eigenvalue weighted by Gasteiger charge is -2.03. The fourth-order valence-corrected chi connectivity index (χ4v) is 2.75. The maximum Gasteiger partial charge on any atom is 0.341 e. The van der Waals surface area contributed by atoms with Crippen molar-refractivity contribution in [1.29, 1.82) is 0 Å². The second kappa shape index (κ2) is 7.61. The van der Waals surface area contributed by atoms with Crippen molar-refractivity contribution in [3.8, 4) is 0 Å². The molecule has 0 fully saturated rings. The molecule has 0 atom stereocenters. The highest BCUT2D eigenvalue weighted by Gasteiger charge is 2.17. The maximum absolute atomic E-state index is 12.0. The number of furan rings is 1. The molecule has 0 aliphatic rings. The van der Waals surface area contributed by atoms with Crippen molar-refractivity contribution in [3.05, 3.63) is 46.7 Å². The quantitative estimate of drug-likeness (QED) is 0.650. The first-order valence-electron chi connectivity index (χ1n) is 6.96. The summed E-state index contributed by atoms with van der Waals surface area (Å²) in [7, 11) is 0. The van der Waals surface area contributed by atoms with Gasteiger partial charge in [-0.15, -0.1) is 11.3 Å². The number of anilines is 1. The highest BCUT2D eigenvalue weighted by atomic mass is 32.1. The smallest absolute Gasteiger partial charge is 0.341 e. The van der Waals surface area contributed by atoms with Crippen LogP contribution in [0.15, 0.2) is 35.0 Å². The van der Waals surface area contributed by atoms with Crippen molar-refractivity contribution in [2.45, 2.75) is 20.3 Å². The van der Waals surface area contributed by atoms with Gasteiger partial charge in [-0.2, -0.15) is 0 Å². The first-order valence-corrected chi connectivity index (χ1v) is 7.78. The second-order valence-corrected chi connectivity index (χ2v) is 5.50. The second-order valence-electron chi connectivity index (χ2n) is 4.37. The summed E-state index contributed by atoms with van der Waals surface area (Å²) >= 11 is 1.38. The number of rotatable bonds is 6. The van der Waals surface area contributed by atoms with Gasteiger partial charge in [0, 0.05) is 11.0 Å². The Hall–Kier alpha value is -2.34. The molecular formula is C16H17NO4S. The van der Waals surface area contributed by atoms with Crippen LogP contribution in [0.1, 0.15) is 34.8 Å². The predicted molar refractivity (Wildman–Crippen MR) is 86.0 cm³/mol. The molecule has 2 rings (SSSR count). The standard InChI is InChI=1S/C16H17NO4S/c1-3-12-10-13(16(19)20-4-2)15(22-12)17-14(18)8-7-11-6-5-9-21-11/h5-10H,3-4H2,1-2H3,(H,17,18). The average Bonchev–Trinajstić information content (AvgIpc) is 3.14.